The first-order chi connectivity index (χ1) is 8.08. The predicted octanol–water partition coefficient (Wildman–Crippen LogP) is 2.76. The number of furan rings is 1. The van der Waals surface area contributed by atoms with Gasteiger partial charge < -0.3 is 14.1 Å². The molecule has 0 saturated carbocycles. The first-order valence-corrected chi connectivity index (χ1v) is 4.98. The SMILES string of the molecule is Cn1c(C(=O)O)cc2oc3cc(F)ccc3c21. The van der Waals surface area contributed by atoms with Gasteiger partial charge in [-0.3, -0.25) is 0 Å². The second kappa shape index (κ2) is 3.10. The number of rotatable bonds is 1. The van der Waals surface area contributed by atoms with E-state index >= 15 is 0 Å². The van der Waals surface area contributed by atoms with Crippen LogP contribution in [0.2, 0.25) is 0 Å². The molecule has 17 heavy (non-hydrogen) atoms. The van der Waals surface area contributed by atoms with Crippen molar-refractivity contribution < 1.29 is 18.7 Å². The van der Waals surface area contributed by atoms with Crippen LogP contribution < -0.4 is 0 Å². The Balaban J connectivity index is 2.46. The van der Waals surface area contributed by atoms with Gasteiger partial charge in [-0.25, -0.2) is 9.18 Å². The van der Waals surface area contributed by atoms with Gasteiger partial charge in [-0.15, -0.1) is 0 Å². The van der Waals surface area contributed by atoms with Crippen molar-refractivity contribution in [2.45, 2.75) is 0 Å². The van der Waals surface area contributed by atoms with Gasteiger partial charge in [0.15, 0.2) is 5.58 Å². The molecule has 4 nitrogen and oxygen atoms in total. The summed E-state index contributed by atoms with van der Waals surface area (Å²) in [6, 6.07) is 5.64. The average Bonchev–Trinajstić information content (AvgIpc) is 2.75. The molecule has 1 aromatic carbocycles. The van der Waals surface area contributed by atoms with Crippen LogP contribution in [0.4, 0.5) is 4.39 Å². The molecule has 86 valence electrons. The van der Waals surface area contributed by atoms with Crippen LogP contribution in [0.3, 0.4) is 0 Å². The van der Waals surface area contributed by atoms with Gasteiger partial charge in [0.1, 0.15) is 17.1 Å². The summed E-state index contributed by atoms with van der Waals surface area (Å²) in [6.45, 7) is 0. The lowest BCUT2D eigenvalue weighted by Gasteiger charge is -1.98. The molecule has 0 aliphatic heterocycles. The molecule has 0 fully saturated rings. The standard InChI is InChI=1S/C12H8FNO3/c1-14-8(12(15)16)5-10-11(14)7-3-2-6(13)4-9(7)17-10/h2-5H,1H3,(H,15,16). The molecule has 0 amide bonds. The van der Waals surface area contributed by atoms with Crippen molar-refractivity contribution in [3.05, 3.63) is 35.8 Å². The Kier molecular flexibility index (Phi) is 1.80. The molecule has 0 saturated heterocycles. The quantitative estimate of drug-likeness (QED) is 0.703. The third-order valence-corrected chi connectivity index (χ3v) is 2.84. The van der Waals surface area contributed by atoms with Crippen molar-refractivity contribution in [3.63, 3.8) is 0 Å². The fourth-order valence-electron chi connectivity index (χ4n) is 2.07. The number of carboxylic acid groups (broad SMARTS) is 1. The van der Waals surface area contributed by atoms with E-state index in [1.807, 2.05) is 0 Å². The smallest absolute Gasteiger partial charge is 0.352 e. The summed E-state index contributed by atoms with van der Waals surface area (Å²) in [6.07, 6.45) is 0. The van der Waals surface area contributed by atoms with Crippen molar-refractivity contribution in [1.29, 1.82) is 0 Å². The summed E-state index contributed by atoms with van der Waals surface area (Å²) in [7, 11) is 1.64. The highest BCUT2D eigenvalue weighted by Crippen LogP contribution is 2.31. The molecule has 0 unspecified atom stereocenters. The predicted molar refractivity (Wildman–Crippen MR) is 59.6 cm³/mol. The lowest BCUT2D eigenvalue weighted by molar-refractivity contribution is 0.0687. The number of carboxylic acids is 1. The Labute approximate surface area is 94.9 Å². The number of aromatic nitrogens is 1. The zero-order chi connectivity index (χ0) is 12.2. The Morgan fingerprint density at radius 3 is 2.82 bits per heavy atom. The number of aromatic carboxylic acids is 1. The van der Waals surface area contributed by atoms with Crippen LogP contribution in [0.5, 0.6) is 0 Å². The van der Waals surface area contributed by atoms with Gasteiger partial charge in [-0.1, -0.05) is 0 Å². The molecule has 5 heteroatoms. The van der Waals surface area contributed by atoms with E-state index in [1.165, 1.54) is 22.8 Å². The lowest BCUT2D eigenvalue weighted by Crippen LogP contribution is -2.03. The first-order valence-electron chi connectivity index (χ1n) is 4.98. The number of halogens is 1. The normalized spacial score (nSPS) is 11.4. The Bertz CT molecular complexity index is 754. The largest absolute Gasteiger partial charge is 0.477 e. The van der Waals surface area contributed by atoms with Crippen LogP contribution in [-0.4, -0.2) is 15.6 Å². The molecule has 0 bridgehead atoms. The van der Waals surface area contributed by atoms with E-state index in [-0.39, 0.29) is 11.5 Å². The Morgan fingerprint density at radius 2 is 2.12 bits per heavy atom. The average molecular weight is 233 g/mol. The van der Waals surface area contributed by atoms with Crippen molar-refractivity contribution in [1.82, 2.24) is 4.57 Å². The minimum atomic E-state index is -1.02. The van der Waals surface area contributed by atoms with E-state index in [0.29, 0.717) is 22.1 Å². The Morgan fingerprint density at radius 1 is 1.35 bits per heavy atom. The van der Waals surface area contributed by atoms with Crippen LogP contribution in [0.15, 0.2) is 28.7 Å². The zero-order valence-corrected chi connectivity index (χ0v) is 8.90. The van der Waals surface area contributed by atoms with E-state index in [9.17, 15) is 9.18 Å². The molecule has 3 rings (SSSR count). The highest BCUT2D eigenvalue weighted by molar-refractivity contribution is 6.06. The summed E-state index contributed by atoms with van der Waals surface area (Å²) < 4.78 is 20.0. The maximum absolute atomic E-state index is 13.0. The number of hydrogen-bond acceptors (Lipinski definition) is 2. The third kappa shape index (κ3) is 1.25. The number of benzene rings is 1. The van der Waals surface area contributed by atoms with Gasteiger partial charge in [-0.05, 0) is 12.1 Å². The van der Waals surface area contributed by atoms with Crippen molar-refractivity contribution in [3.8, 4) is 0 Å². The number of hydrogen-bond donors (Lipinski definition) is 1. The molecule has 0 aliphatic rings. The van der Waals surface area contributed by atoms with E-state index < -0.39 is 5.97 Å². The summed E-state index contributed by atoms with van der Waals surface area (Å²) in [5.41, 5.74) is 1.68. The van der Waals surface area contributed by atoms with Crippen LogP contribution >= 0.6 is 0 Å². The minimum Gasteiger partial charge on any atom is -0.477 e. The Hall–Kier alpha value is -2.30. The summed E-state index contributed by atoms with van der Waals surface area (Å²) in [5.74, 6) is -1.40. The monoisotopic (exact) mass is 233 g/mol. The molecular weight excluding hydrogens is 225 g/mol. The third-order valence-electron chi connectivity index (χ3n) is 2.84. The van der Waals surface area contributed by atoms with Gasteiger partial charge in [0, 0.05) is 24.6 Å². The van der Waals surface area contributed by atoms with E-state index in [2.05, 4.69) is 0 Å². The number of nitrogens with zero attached hydrogens (tertiary/aromatic N) is 1. The van der Waals surface area contributed by atoms with Crippen molar-refractivity contribution >= 4 is 28.0 Å². The van der Waals surface area contributed by atoms with Crippen LogP contribution in [0, 0.1) is 5.82 Å². The lowest BCUT2D eigenvalue weighted by atomic mass is 10.2. The molecule has 0 radical (unpaired) electrons. The van der Waals surface area contributed by atoms with E-state index in [1.54, 1.807) is 13.1 Å². The summed E-state index contributed by atoms with van der Waals surface area (Å²) in [4.78, 5) is 11.0. The van der Waals surface area contributed by atoms with Crippen LogP contribution in [0.25, 0.3) is 22.1 Å². The number of aryl methyl sites for hydroxylation is 1. The van der Waals surface area contributed by atoms with Crippen LogP contribution in [0.1, 0.15) is 10.5 Å². The highest BCUT2D eigenvalue weighted by atomic mass is 19.1. The van der Waals surface area contributed by atoms with Crippen LogP contribution in [-0.2, 0) is 7.05 Å². The van der Waals surface area contributed by atoms with E-state index in [0.717, 1.165) is 0 Å². The summed E-state index contributed by atoms with van der Waals surface area (Å²) >= 11 is 0. The second-order valence-electron chi connectivity index (χ2n) is 3.85. The van der Waals surface area contributed by atoms with Gasteiger partial charge in [0.25, 0.3) is 0 Å². The zero-order valence-electron chi connectivity index (χ0n) is 8.90. The molecule has 0 aliphatic carbocycles. The molecular formula is C12H8FNO3. The van der Waals surface area contributed by atoms with Gasteiger partial charge >= 0.3 is 5.97 Å². The fraction of sp³-hybridized carbons (Fsp3) is 0.0833. The summed E-state index contributed by atoms with van der Waals surface area (Å²) in [5, 5.41) is 9.68. The minimum absolute atomic E-state index is 0.143. The van der Waals surface area contributed by atoms with Gasteiger partial charge in [0.2, 0.25) is 0 Å². The molecule has 2 aromatic heterocycles. The molecule has 2 heterocycles. The number of carbonyl (C=O) groups is 1. The molecule has 0 atom stereocenters. The van der Waals surface area contributed by atoms with Crippen molar-refractivity contribution in [2.75, 3.05) is 0 Å². The van der Waals surface area contributed by atoms with Crippen molar-refractivity contribution in [2.24, 2.45) is 7.05 Å². The molecule has 3 aromatic rings. The highest BCUT2D eigenvalue weighted by Gasteiger charge is 2.17. The maximum Gasteiger partial charge on any atom is 0.352 e. The fourth-order valence-corrected chi connectivity index (χ4v) is 2.07. The van der Waals surface area contributed by atoms with Gasteiger partial charge in [0.05, 0.1) is 5.52 Å². The molecule has 1 N–H and O–H groups in total. The maximum atomic E-state index is 13.0. The van der Waals surface area contributed by atoms with Gasteiger partial charge in [-0.2, -0.15) is 0 Å². The topological polar surface area (TPSA) is 55.4 Å². The molecule has 0 spiro atoms. The second-order valence-corrected chi connectivity index (χ2v) is 3.85. The number of fused-ring (bicyclic) bond motifs is 3. The first kappa shape index (κ1) is 9.89. The van der Waals surface area contributed by atoms with E-state index in [4.69, 9.17) is 9.52 Å².